The first-order valence-corrected chi connectivity index (χ1v) is 5.57. The van der Waals surface area contributed by atoms with Gasteiger partial charge in [-0.2, -0.15) is 8.78 Å². The van der Waals surface area contributed by atoms with Gasteiger partial charge in [0.1, 0.15) is 0 Å². The van der Waals surface area contributed by atoms with Crippen molar-refractivity contribution in [3.63, 3.8) is 0 Å². The smallest absolute Gasteiger partial charge is 0.319 e. The van der Waals surface area contributed by atoms with Crippen molar-refractivity contribution in [2.75, 3.05) is 19.6 Å². The fraction of sp³-hybridized carbons (Fsp3) is 1.00. The van der Waals surface area contributed by atoms with E-state index in [1.54, 1.807) is 0 Å². The van der Waals surface area contributed by atoms with Gasteiger partial charge in [-0.05, 0) is 25.9 Å². The minimum absolute atomic E-state index is 0.352. The molecule has 0 aromatic rings. The molecule has 0 atom stereocenters. The van der Waals surface area contributed by atoms with Crippen LogP contribution in [0.3, 0.4) is 0 Å². The first-order chi connectivity index (χ1) is 7.50. The average molecular weight is 244 g/mol. The lowest BCUT2D eigenvalue weighted by atomic mass is 10.1. The molecule has 0 aromatic heterocycles. The van der Waals surface area contributed by atoms with E-state index >= 15 is 0 Å². The van der Waals surface area contributed by atoms with Crippen LogP contribution in [-0.4, -0.2) is 32.0 Å². The molecule has 0 saturated heterocycles. The number of halogens is 4. The quantitative estimate of drug-likeness (QED) is 0.457. The molecule has 0 unspecified atom stereocenters. The number of nitrogens with two attached hydrogens (primary N) is 1. The molecule has 0 amide bonds. The summed E-state index contributed by atoms with van der Waals surface area (Å²) in [5.41, 5.74) is 5.30. The molecule has 16 heavy (non-hydrogen) atoms. The van der Waals surface area contributed by atoms with Gasteiger partial charge in [-0.1, -0.05) is 19.3 Å². The van der Waals surface area contributed by atoms with Gasteiger partial charge in [-0.15, -0.1) is 0 Å². The summed E-state index contributed by atoms with van der Waals surface area (Å²) >= 11 is 0. The molecule has 0 heterocycles. The van der Waals surface area contributed by atoms with E-state index in [9.17, 15) is 17.6 Å². The van der Waals surface area contributed by atoms with Crippen LogP contribution in [0.1, 0.15) is 32.1 Å². The third-order valence-corrected chi connectivity index (χ3v) is 2.24. The van der Waals surface area contributed by atoms with E-state index in [0.29, 0.717) is 13.1 Å². The molecule has 0 aromatic carbocycles. The maximum Gasteiger partial charge on any atom is 0.319 e. The summed E-state index contributed by atoms with van der Waals surface area (Å²) in [6.07, 6.45) is 1.05. The van der Waals surface area contributed by atoms with Crippen LogP contribution < -0.4 is 11.1 Å². The number of hydrogen-bond acceptors (Lipinski definition) is 2. The summed E-state index contributed by atoms with van der Waals surface area (Å²) in [5.74, 6) is -3.92. The van der Waals surface area contributed by atoms with Crippen LogP contribution in [0.25, 0.3) is 0 Å². The highest BCUT2D eigenvalue weighted by Gasteiger charge is 2.39. The van der Waals surface area contributed by atoms with Gasteiger partial charge in [-0.25, -0.2) is 8.78 Å². The predicted octanol–water partition coefficient (Wildman–Crippen LogP) is 2.39. The van der Waals surface area contributed by atoms with Crippen molar-refractivity contribution in [1.82, 2.24) is 5.32 Å². The Morgan fingerprint density at radius 2 is 1.56 bits per heavy atom. The first-order valence-electron chi connectivity index (χ1n) is 5.57. The Morgan fingerprint density at radius 3 is 2.12 bits per heavy atom. The maximum atomic E-state index is 12.4. The predicted molar refractivity (Wildman–Crippen MR) is 56.0 cm³/mol. The summed E-state index contributed by atoms with van der Waals surface area (Å²) in [6.45, 7) is 0.0667. The molecule has 0 aliphatic rings. The van der Waals surface area contributed by atoms with Crippen molar-refractivity contribution < 1.29 is 17.6 Å². The number of nitrogens with one attached hydrogen (secondary N) is 1. The van der Waals surface area contributed by atoms with Gasteiger partial charge in [0.05, 0.1) is 6.54 Å². The minimum atomic E-state index is -3.92. The van der Waals surface area contributed by atoms with Crippen LogP contribution in [-0.2, 0) is 0 Å². The Morgan fingerprint density at radius 1 is 1.00 bits per heavy atom. The molecule has 0 rings (SSSR count). The Bertz CT molecular complexity index is 165. The molecule has 0 radical (unpaired) electrons. The monoisotopic (exact) mass is 244 g/mol. The zero-order chi connectivity index (χ0) is 12.4. The van der Waals surface area contributed by atoms with Crippen molar-refractivity contribution in [2.45, 2.75) is 44.5 Å². The molecule has 6 heteroatoms. The third kappa shape index (κ3) is 7.87. The number of unbranched alkanes of at least 4 members (excludes halogenated alkanes) is 4. The molecule has 0 aliphatic carbocycles. The third-order valence-electron chi connectivity index (χ3n) is 2.24. The van der Waals surface area contributed by atoms with E-state index in [4.69, 9.17) is 5.73 Å². The molecule has 98 valence electrons. The lowest BCUT2D eigenvalue weighted by molar-refractivity contribution is -0.125. The number of rotatable bonds is 10. The molecule has 0 aliphatic heterocycles. The van der Waals surface area contributed by atoms with Crippen LogP contribution in [0.15, 0.2) is 0 Å². The largest absolute Gasteiger partial charge is 0.330 e. The van der Waals surface area contributed by atoms with Gasteiger partial charge < -0.3 is 11.1 Å². The molecule has 0 fully saturated rings. The van der Waals surface area contributed by atoms with E-state index in [1.165, 1.54) is 0 Å². The van der Waals surface area contributed by atoms with Crippen molar-refractivity contribution >= 4 is 0 Å². The van der Waals surface area contributed by atoms with Gasteiger partial charge >= 0.3 is 12.3 Å². The summed E-state index contributed by atoms with van der Waals surface area (Å²) in [4.78, 5) is 0. The summed E-state index contributed by atoms with van der Waals surface area (Å²) in [7, 11) is 0. The highest BCUT2D eigenvalue weighted by atomic mass is 19.3. The van der Waals surface area contributed by atoms with Crippen LogP contribution in [0, 0.1) is 0 Å². The van der Waals surface area contributed by atoms with E-state index in [0.717, 1.165) is 32.1 Å². The summed E-state index contributed by atoms with van der Waals surface area (Å²) in [6, 6.07) is 0. The maximum absolute atomic E-state index is 12.4. The zero-order valence-corrected chi connectivity index (χ0v) is 9.32. The second-order valence-corrected chi connectivity index (χ2v) is 3.79. The van der Waals surface area contributed by atoms with Crippen LogP contribution in [0.2, 0.25) is 0 Å². The Labute approximate surface area is 93.6 Å². The minimum Gasteiger partial charge on any atom is -0.330 e. The Balaban J connectivity index is 3.27. The summed E-state index contributed by atoms with van der Waals surface area (Å²) in [5, 5.41) is 2.34. The van der Waals surface area contributed by atoms with Crippen molar-refractivity contribution in [1.29, 1.82) is 0 Å². The molecule has 3 N–H and O–H groups in total. The van der Waals surface area contributed by atoms with E-state index in [1.807, 2.05) is 0 Å². The van der Waals surface area contributed by atoms with Crippen LogP contribution in [0.5, 0.6) is 0 Å². The fourth-order valence-electron chi connectivity index (χ4n) is 1.26. The normalized spacial score (nSPS) is 12.4. The van der Waals surface area contributed by atoms with Gasteiger partial charge in [0, 0.05) is 0 Å². The highest BCUT2D eigenvalue weighted by molar-refractivity contribution is 4.71. The van der Waals surface area contributed by atoms with Gasteiger partial charge in [0.2, 0.25) is 0 Å². The Kier molecular flexibility index (Phi) is 8.56. The SMILES string of the molecule is NCCCCCCCNCC(F)(F)C(F)F. The Hall–Kier alpha value is -0.360. The van der Waals surface area contributed by atoms with Gasteiger partial charge in [-0.3, -0.25) is 0 Å². The molecular weight excluding hydrogens is 224 g/mol. The highest BCUT2D eigenvalue weighted by Crippen LogP contribution is 2.21. The number of hydrogen-bond donors (Lipinski definition) is 2. The van der Waals surface area contributed by atoms with Crippen LogP contribution in [0.4, 0.5) is 17.6 Å². The average Bonchev–Trinajstić information content (AvgIpc) is 2.21. The topological polar surface area (TPSA) is 38.0 Å². The first kappa shape index (κ1) is 15.6. The number of alkyl halides is 4. The second kappa shape index (κ2) is 8.75. The van der Waals surface area contributed by atoms with Gasteiger partial charge in [0.25, 0.3) is 0 Å². The lowest BCUT2D eigenvalue weighted by Gasteiger charge is -2.15. The van der Waals surface area contributed by atoms with E-state index in [2.05, 4.69) is 5.32 Å². The molecule has 0 spiro atoms. The van der Waals surface area contributed by atoms with Crippen molar-refractivity contribution in [2.24, 2.45) is 5.73 Å². The van der Waals surface area contributed by atoms with E-state index < -0.39 is 18.9 Å². The molecule has 0 saturated carbocycles. The zero-order valence-electron chi connectivity index (χ0n) is 9.32. The second-order valence-electron chi connectivity index (χ2n) is 3.79. The lowest BCUT2D eigenvalue weighted by Crippen LogP contribution is -2.39. The van der Waals surface area contributed by atoms with E-state index in [-0.39, 0.29) is 0 Å². The van der Waals surface area contributed by atoms with Gasteiger partial charge in [0.15, 0.2) is 0 Å². The van der Waals surface area contributed by atoms with Crippen molar-refractivity contribution in [3.8, 4) is 0 Å². The molecule has 2 nitrogen and oxygen atoms in total. The molecule has 0 bridgehead atoms. The fourth-order valence-corrected chi connectivity index (χ4v) is 1.26. The van der Waals surface area contributed by atoms with Crippen molar-refractivity contribution in [3.05, 3.63) is 0 Å². The summed E-state index contributed by atoms with van der Waals surface area (Å²) < 4.78 is 48.2. The standard InChI is InChI=1S/C10H20F4N2/c11-9(12)10(13,14)8-16-7-5-3-1-2-4-6-15/h9,16H,1-8,15H2. The molecular formula is C10H20F4N2. The van der Waals surface area contributed by atoms with Crippen LogP contribution >= 0.6 is 0 Å².